The molecule has 1 aliphatic carbocycles. The first-order chi connectivity index (χ1) is 10.0. The fourth-order valence-electron chi connectivity index (χ4n) is 3.03. The Balaban J connectivity index is 2.00. The molecule has 106 valence electrons. The lowest BCUT2D eigenvalue weighted by Crippen LogP contribution is -2.28. The van der Waals surface area contributed by atoms with Gasteiger partial charge in [-0.3, -0.25) is 0 Å². The molecule has 0 saturated carbocycles. The third kappa shape index (κ3) is 2.30. The first-order valence-corrected chi connectivity index (χ1v) is 6.66. The van der Waals surface area contributed by atoms with Crippen molar-refractivity contribution in [2.24, 2.45) is 5.41 Å². The molecular weight excluding hydrogens is 272 g/mol. The van der Waals surface area contributed by atoms with Crippen LogP contribution in [-0.4, -0.2) is 5.11 Å². The van der Waals surface area contributed by atoms with Crippen molar-refractivity contribution in [3.8, 4) is 6.07 Å². The van der Waals surface area contributed by atoms with Gasteiger partial charge in [0.2, 0.25) is 0 Å². The molecule has 2 aromatic rings. The van der Waals surface area contributed by atoms with Crippen LogP contribution < -0.4 is 0 Å². The molecule has 21 heavy (non-hydrogen) atoms. The van der Waals surface area contributed by atoms with Crippen LogP contribution in [0.25, 0.3) is 0 Å². The summed E-state index contributed by atoms with van der Waals surface area (Å²) in [6.07, 6.45) is -0.488. The van der Waals surface area contributed by atoms with Gasteiger partial charge in [0.15, 0.2) is 0 Å². The maximum Gasteiger partial charge on any atom is 0.126 e. The van der Waals surface area contributed by atoms with E-state index in [0.717, 1.165) is 29.3 Å². The number of nitriles is 1. The van der Waals surface area contributed by atoms with Crippen molar-refractivity contribution in [2.75, 3.05) is 0 Å². The second kappa shape index (κ2) is 4.94. The molecule has 0 spiro atoms. The monoisotopic (exact) mass is 285 g/mol. The second-order valence-corrected chi connectivity index (χ2v) is 5.50. The van der Waals surface area contributed by atoms with E-state index in [1.54, 1.807) is 0 Å². The molecule has 0 aromatic heterocycles. The molecule has 2 nitrogen and oxygen atoms in total. The minimum absolute atomic E-state index is 0.0989. The average Bonchev–Trinajstić information content (AvgIpc) is 2.85. The van der Waals surface area contributed by atoms with Gasteiger partial charge in [-0.1, -0.05) is 24.3 Å². The highest BCUT2D eigenvalue weighted by Crippen LogP contribution is 2.45. The number of halogens is 2. The molecule has 0 saturated heterocycles. The summed E-state index contributed by atoms with van der Waals surface area (Å²) in [6.45, 7) is 0. The van der Waals surface area contributed by atoms with E-state index in [4.69, 9.17) is 0 Å². The summed E-state index contributed by atoms with van der Waals surface area (Å²) in [4.78, 5) is 0. The summed E-state index contributed by atoms with van der Waals surface area (Å²) in [7, 11) is 0. The fraction of sp³-hybridized carbons (Fsp3) is 0.235. The fourth-order valence-corrected chi connectivity index (χ4v) is 3.03. The number of hydrogen-bond acceptors (Lipinski definition) is 2. The Hall–Kier alpha value is -2.25. The number of aliphatic hydroxyl groups is 1. The van der Waals surface area contributed by atoms with Crippen molar-refractivity contribution < 1.29 is 13.9 Å². The number of nitrogens with zero attached hydrogens (tertiary/aromatic N) is 1. The molecule has 0 amide bonds. The van der Waals surface area contributed by atoms with Gasteiger partial charge in [-0.15, -0.1) is 0 Å². The maximum atomic E-state index is 13.3. The zero-order valence-corrected chi connectivity index (χ0v) is 11.2. The average molecular weight is 285 g/mol. The largest absolute Gasteiger partial charge is 0.387 e. The van der Waals surface area contributed by atoms with Crippen LogP contribution in [0, 0.1) is 28.4 Å². The molecule has 1 atom stereocenters. The highest BCUT2D eigenvalue weighted by Gasteiger charge is 2.44. The number of hydrogen-bond donors (Lipinski definition) is 1. The van der Waals surface area contributed by atoms with Gasteiger partial charge in [0, 0.05) is 6.07 Å². The second-order valence-electron chi connectivity index (χ2n) is 5.50. The predicted molar refractivity (Wildman–Crippen MR) is 73.2 cm³/mol. The Morgan fingerprint density at radius 3 is 2.05 bits per heavy atom. The van der Waals surface area contributed by atoms with Crippen LogP contribution in [0.4, 0.5) is 8.78 Å². The van der Waals surface area contributed by atoms with Gasteiger partial charge in [-0.25, -0.2) is 8.78 Å². The van der Waals surface area contributed by atoms with E-state index in [9.17, 15) is 19.1 Å². The van der Waals surface area contributed by atoms with Crippen LogP contribution in [0.15, 0.2) is 42.5 Å². The molecule has 4 heteroatoms. The van der Waals surface area contributed by atoms with E-state index in [-0.39, 0.29) is 5.56 Å². The Labute approximate surface area is 121 Å². The molecule has 1 N–H and O–H groups in total. The van der Waals surface area contributed by atoms with Crippen molar-refractivity contribution in [1.29, 1.82) is 5.26 Å². The van der Waals surface area contributed by atoms with Crippen molar-refractivity contribution in [3.63, 3.8) is 0 Å². The Kier molecular flexibility index (Phi) is 3.23. The van der Waals surface area contributed by atoms with Gasteiger partial charge in [0.25, 0.3) is 0 Å². The van der Waals surface area contributed by atoms with Gasteiger partial charge in [0.05, 0.1) is 17.6 Å². The van der Waals surface area contributed by atoms with Crippen LogP contribution >= 0.6 is 0 Å². The minimum Gasteiger partial charge on any atom is -0.387 e. The van der Waals surface area contributed by atoms with Gasteiger partial charge < -0.3 is 5.11 Å². The van der Waals surface area contributed by atoms with Crippen LogP contribution in [0.2, 0.25) is 0 Å². The Morgan fingerprint density at radius 2 is 1.57 bits per heavy atom. The van der Waals surface area contributed by atoms with Gasteiger partial charge in [-0.2, -0.15) is 5.26 Å². The van der Waals surface area contributed by atoms with Crippen LogP contribution in [-0.2, 0) is 12.8 Å². The molecule has 0 aliphatic heterocycles. The van der Waals surface area contributed by atoms with Gasteiger partial charge in [0.1, 0.15) is 11.6 Å². The molecule has 2 aromatic carbocycles. The quantitative estimate of drug-likeness (QED) is 0.920. The highest BCUT2D eigenvalue weighted by molar-refractivity contribution is 5.39. The summed E-state index contributed by atoms with van der Waals surface area (Å²) in [5, 5.41) is 20.1. The van der Waals surface area contributed by atoms with Crippen molar-refractivity contribution in [1.82, 2.24) is 0 Å². The first-order valence-electron chi connectivity index (χ1n) is 6.66. The van der Waals surface area contributed by atoms with E-state index < -0.39 is 23.2 Å². The molecule has 1 unspecified atom stereocenters. The molecular formula is C17H13F2NO. The molecule has 0 fully saturated rings. The number of benzene rings is 2. The van der Waals surface area contributed by atoms with E-state index in [2.05, 4.69) is 6.07 Å². The summed E-state index contributed by atoms with van der Waals surface area (Å²) in [5.74, 6) is -1.51. The first kappa shape index (κ1) is 13.7. The lowest BCUT2D eigenvalue weighted by molar-refractivity contribution is 0.0688. The van der Waals surface area contributed by atoms with E-state index in [0.29, 0.717) is 12.8 Å². The summed E-state index contributed by atoms with van der Waals surface area (Å²) >= 11 is 0. The van der Waals surface area contributed by atoms with E-state index >= 15 is 0 Å². The van der Waals surface area contributed by atoms with Crippen molar-refractivity contribution >= 4 is 0 Å². The summed E-state index contributed by atoms with van der Waals surface area (Å²) < 4.78 is 26.7. The third-order valence-electron chi connectivity index (χ3n) is 4.08. The molecule has 1 aliphatic rings. The van der Waals surface area contributed by atoms with Gasteiger partial charge >= 0.3 is 0 Å². The SMILES string of the molecule is N#CC1(C(O)c2cc(F)cc(F)c2)Cc2ccccc2C1. The topological polar surface area (TPSA) is 44.0 Å². The van der Waals surface area contributed by atoms with Crippen LogP contribution in [0.1, 0.15) is 22.8 Å². The summed E-state index contributed by atoms with van der Waals surface area (Å²) in [6, 6.07) is 12.6. The molecule has 0 radical (unpaired) electrons. The Morgan fingerprint density at radius 1 is 1.05 bits per heavy atom. The number of rotatable bonds is 2. The highest BCUT2D eigenvalue weighted by atomic mass is 19.1. The zero-order valence-electron chi connectivity index (χ0n) is 11.2. The van der Waals surface area contributed by atoms with Crippen molar-refractivity contribution in [3.05, 3.63) is 70.8 Å². The lowest BCUT2D eigenvalue weighted by atomic mass is 9.77. The normalized spacial score (nSPS) is 17.0. The third-order valence-corrected chi connectivity index (χ3v) is 4.08. The van der Waals surface area contributed by atoms with Crippen LogP contribution in [0.5, 0.6) is 0 Å². The van der Waals surface area contributed by atoms with Crippen molar-refractivity contribution in [2.45, 2.75) is 18.9 Å². The number of aliphatic hydroxyl groups excluding tert-OH is 1. The van der Waals surface area contributed by atoms with E-state index in [1.807, 2.05) is 24.3 Å². The standard InChI is InChI=1S/C17H13F2NO/c18-14-5-13(6-15(19)7-14)16(21)17(10-20)8-11-3-1-2-4-12(11)9-17/h1-7,16,21H,8-9H2. The molecule has 3 rings (SSSR count). The van der Waals surface area contributed by atoms with Gasteiger partial charge in [-0.05, 0) is 41.7 Å². The minimum atomic E-state index is -1.24. The lowest BCUT2D eigenvalue weighted by Gasteiger charge is -2.27. The number of fused-ring (bicyclic) bond motifs is 1. The maximum absolute atomic E-state index is 13.3. The molecule has 0 heterocycles. The van der Waals surface area contributed by atoms with Crippen LogP contribution in [0.3, 0.4) is 0 Å². The zero-order chi connectivity index (χ0) is 15.0. The smallest absolute Gasteiger partial charge is 0.126 e. The Bertz CT molecular complexity index is 691. The molecule has 0 bridgehead atoms. The summed E-state index contributed by atoms with van der Waals surface area (Å²) in [5.41, 5.74) is 1.01. The van der Waals surface area contributed by atoms with E-state index in [1.165, 1.54) is 0 Å². The predicted octanol–water partition coefficient (Wildman–Crippen LogP) is 3.31.